The molecule has 0 radical (unpaired) electrons. The first-order valence-electron chi connectivity index (χ1n) is 8.97. The maximum Gasteiger partial charge on any atom is 0.338 e. The number of fused-ring (bicyclic) bond motifs is 1. The van der Waals surface area contributed by atoms with Gasteiger partial charge in [0.05, 0.1) is 11.1 Å². The van der Waals surface area contributed by atoms with Crippen molar-refractivity contribution in [3.63, 3.8) is 0 Å². The maximum absolute atomic E-state index is 12.2. The number of thiophene rings is 1. The summed E-state index contributed by atoms with van der Waals surface area (Å²) in [5, 5.41) is 12.8. The fourth-order valence-electron chi connectivity index (χ4n) is 3.43. The number of amides is 1. The van der Waals surface area contributed by atoms with Crippen molar-refractivity contribution in [2.75, 3.05) is 11.9 Å². The van der Waals surface area contributed by atoms with Crippen LogP contribution in [0.3, 0.4) is 0 Å². The van der Waals surface area contributed by atoms with E-state index in [0.29, 0.717) is 22.0 Å². The molecule has 1 aliphatic rings. The molecular formula is C21H22N2O3S. The van der Waals surface area contributed by atoms with Crippen LogP contribution in [-0.4, -0.2) is 18.5 Å². The van der Waals surface area contributed by atoms with Crippen LogP contribution in [0, 0.1) is 31.1 Å². The van der Waals surface area contributed by atoms with Crippen molar-refractivity contribution in [1.82, 2.24) is 0 Å². The van der Waals surface area contributed by atoms with E-state index in [-0.39, 0.29) is 6.61 Å². The van der Waals surface area contributed by atoms with E-state index in [1.807, 2.05) is 19.9 Å². The van der Waals surface area contributed by atoms with Crippen LogP contribution in [0.5, 0.6) is 0 Å². The van der Waals surface area contributed by atoms with Gasteiger partial charge in [-0.25, -0.2) is 4.79 Å². The van der Waals surface area contributed by atoms with Gasteiger partial charge in [-0.3, -0.25) is 4.79 Å². The topological polar surface area (TPSA) is 79.2 Å². The number of nitriles is 1. The van der Waals surface area contributed by atoms with Gasteiger partial charge >= 0.3 is 5.97 Å². The normalized spacial score (nSPS) is 15.6. The van der Waals surface area contributed by atoms with Crippen molar-refractivity contribution in [2.45, 2.75) is 40.0 Å². The van der Waals surface area contributed by atoms with Crippen LogP contribution >= 0.6 is 11.3 Å². The van der Waals surface area contributed by atoms with E-state index in [4.69, 9.17) is 4.74 Å². The molecule has 0 aliphatic heterocycles. The number of aryl methyl sites for hydroxylation is 2. The summed E-state index contributed by atoms with van der Waals surface area (Å²) in [7, 11) is 0. The van der Waals surface area contributed by atoms with Crippen LogP contribution in [0.2, 0.25) is 0 Å². The Labute approximate surface area is 163 Å². The predicted octanol–water partition coefficient (Wildman–Crippen LogP) is 4.16. The van der Waals surface area contributed by atoms with E-state index >= 15 is 0 Å². The number of nitrogens with one attached hydrogen (secondary N) is 1. The molecule has 0 saturated carbocycles. The molecule has 1 aromatic heterocycles. The first kappa shape index (κ1) is 19.1. The smallest absolute Gasteiger partial charge is 0.338 e. The zero-order chi connectivity index (χ0) is 19.6. The monoisotopic (exact) mass is 382 g/mol. The van der Waals surface area contributed by atoms with Crippen LogP contribution in [0.25, 0.3) is 0 Å². The van der Waals surface area contributed by atoms with Gasteiger partial charge in [0, 0.05) is 4.88 Å². The predicted molar refractivity (Wildman–Crippen MR) is 105 cm³/mol. The number of rotatable bonds is 4. The zero-order valence-corrected chi connectivity index (χ0v) is 16.5. The van der Waals surface area contributed by atoms with Crippen molar-refractivity contribution in [3.8, 4) is 6.07 Å². The summed E-state index contributed by atoms with van der Waals surface area (Å²) in [6.45, 7) is 5.62. The summed E-state index contributed by atoms with van der Waals surface area (Å²) in [6, 6.07) is 7.64. The summed E-state index contributed by atoms with van der Waals surface area (Å²) < 4.78 is 5.14. The zero-order valence-electron chi connectivity index (χ0n) is 15.7. The Bertz CT molecular complexity index is 919. The van der Waals surface area contributed by atoms with Crippen molar-refractivity contribution < 1.29 is 14.3 Å². The molecule has 6 heteroatoms. The molecule has 140 valence electrons. The molecular weight excluding hydrogens is 360 g/mol. The highest BCUT2D eigenvalue weighted by atomic mass is 32.1. The highest BCUT2D eigenvalue weighted by molar-refractivity contribution is 7.16. The van der Waals surface area contributed by atoms with Crippen molar-refractivity contribution in [1.29, 1.82) is 5.26 Å². The standard InChI is InChI=1S/C21H22N2O3S/c1-12-4-5-16-17(10-22)20(27-18(16)9-12)23-19(24)11-26-21(25)15-7-13(2)6-14(3)8-15/h6-8,12H,4-5,9,11H2,1-3H3,(H,23,24)/t12-/m0/s1. The highest BCUT2D eigenvalue weighted by Crippen LogP contribution is 2.39. The number of esters is 1. The van der Waals surface area contributed by atoms with E-state index in [1.165, 1.54) is 16.2 Å². The maximum atomic E-state index is 12.2. The summed E-state index contributed by atoms with van der Waals surface area (Å²) in [5.41, 5.74) is 3.96. The molecule has 1 atom stereocenters. The van der Waals surface area contributed by atoms with Crippen LogP contribution in [0.1, 0.15) is 50.8 Å². The van der Waals surface area contributed by atoms with Gasteiger partial charge in [0.15, 0.2) is 6.61 Å². The molecule has 1 N–H and O–H groups in total. The molecule has 1 aromatic carbocycles. The molecule has 5 nitrogen and oxygen atoms in total. The lowest BCUT2D eigenvalue weighted by atomic mass is 9.89. The van der Waals surface area contributed by atoms with Gasteiger partial charge in [-0.15, -0.1) is 11.3 Å². The minimum atomic E-state index is -0.531. The number of hydrogen-bond donors (Lipinski definition) is 1. The van der Waals surface area contributed by atoms with E-state index in [0.717, 1.165) is 36.0 Å². The van der Waals surface area contributed by atoms with Gasteiger partial charge in [-0.1, -0.05) is 24.1 Å². The van der Waals surface area contributed by atoms with Crippen LogP contribution in [0.15, 0.2) is 18.2 Å². The Morgan fingerprint density at radius 3 is 2.67 bits per heavy atom. The SMILES string of the molecule is Cc1cc(C)cc(C(=O)OCC(=O)Nc2sc3c(c2C#N)CC[C@H](C)C3)c1. The van der Waals surface area contributed by atoms with Gasteiger partial charge in [0.1, 0.15) is 11.1 Å². The molecule has 0 spiro atoms. The average Bonchev–Trinajstić information content (AvgIpc) is 2.94. The number of carbonyl (C=O) groups excluding carboxylic acids is 2. The Kier molecular flexibility index (Phi) is 5.62. The molecule has 0 unspecified atom stereocenters. The van der Waals surface area contributed by atoms with E-state index in [9.17, 15) is 14.9 Å². The average molecular weight is 382 g/mol. The third-order valence-corrected chi connectivity index (χ3v) is 5.84. The van der Waals surface area contributed by atoms with Gasteiger partial charge in [0.25, 0.3) is 5.91 Å². The Morgan fingerprint density at radius 1 is 1.30 bits per heavy atom. The lowest BCUT2D eigenvalue weighted by molar-refractivity contribution is -0.119. The van der Waals surface area contributed by atoms with Crippen LogP contribution in [0.4, 0.5) is 5.00 Å². The van der Waals surface area contributed by atoms with Crippen molar-refractivity contribution in [3.05, 3.63) is 50.9 Å². The Morgan fingerprint density at radius 2 is 2.00 bits per heavy atom. The number of ether oxygens (including phenoxy) is 1. The molecule has 27 heavy (non-hydrogen) atoms. The molecule has 2 aromatic rings. The largest absolute Gasteiger partial charge is 0.452 e. The Hall–Kier alpha value is -2.65. The summed E-state index contributed by atoms with van der Waals surface area (Å²) in [6.07, 6.45) is 2.86. The summed E-state index contributed by atoms with van der Waals surface area (Å²) in [5.74, 6) is -0.377. The second kappa shape index (κ2) is 7.93. The third-order valence-electron chi connectivity index (χ3n) is 4.67. The van der Waals surface area contributed by atoms with Crippen molar-refractivity contribution in [2.24, 2.45) is 5.92 Å². The lowest BCUT2D eigenvalue weighted by Gasteiger charge is -2.17. The summed E-state index contributed by atoms with van der Waals surface area (Å²) in [4.78, 5) is 25.6. The fourth-order valence-corrected chi connectivity index (χ4v) is 4.80. The molecule has 3 rings (SSSR count). The molecule has 0 saturated heterocycles. The van der Waals surface area contributed by atoms with Crippen molar-refractivity contribution >= 4 is 28.2 Å². The van der Waals surface area contributed by atoms with Crippen LogP contribution in [-0.2, 0) is 22.4 Å². The number of anilines is 1. The van der Waals surface area contributed by atoms with Gasteiger partial charge < -0.3 is 10.1 Å². The third kappa shape index (κ3) is 4.37. The molecule has 0 bridgehead atoms. The minimum absolute atomic E-state index is 0.379. The number of hydrogen-bond acceptors (Lipinski definition) is 5. The first-order valence-corrected chi connectivity index (χ1v) is 9.79. The van der Waals surface area contributed by atoms with Crippen LogP contribution < -0.4 is 5.32 Å². The van der Waals surface area contributed by atoms with Gasteiger partial charge in [0.2, 0.25) is 0 Å². The molecule has 1 aliphatic carbocycles. The second-order valence-electron chi connectivity index (χ2n) is 7.17. The quantitative estimate of drug-likeness (QED) is 0.806. The first-order chi connectivity index (χ1) is 12.9. The second-order valence-corrected chi connectivity index (χ2v) is 8.27. The van der Waals surface area contributed by atoms with E-state index in [2.05, 4.69) is 18.3 Å². The molecule has 0 fully saturated rings. The number of benzene rings is 1. The van der Waals surface area contributed by atoms with Gasteiger partial charge in [-0.05, 0) is 56.7 Å². The molecule has 1 heterocycles. The Balaban J connectivity index is 1.65. The lowest BCUT2D eigenvalue weighted by Crippen LogP contribution is -2.21. The van der Waals surface area contributed by atoms with E-state index < -0.39 is 11.9 Å². The fraction of sp³-hybridized carbons (Fsp3) is 0.381. The molecule has 1 amide bonds. The number of nitrogens with zero attached hydrogens (tertiary/aromatic N) is 1. The summed E-state index contributed by atoms with van der Waals surface area (Å²) >= 11 is 1.46. The van der Waals surface area contributed by atoms with E-state index in [1.54, 1.807) is 12.1 Å². The highest BCUT2D eigenvalue weighted by Gasteiger charge is 2.24. The minimum Gasteiger partial charge on any atom is -0.452 e. The number of carbonyl (C=O) groups is 2. The van der Waals surface area contributed by atoms with Gasteiger partial charge in [-0.2, -0.15) is 5.26 Å².